The van der Waals surface area contributed by atoms with Gasteiger partial charge in [-0.1, -0.05) is 34.1 Å². The van der Waals surface area contributed by atoms with Gasteiger partial charge in [0.25, 0.3) is 0 Å². The van der Waals surface area contributed by atoms with Gasteiger partial charge < -0.3 is 10.5 Å². The summed E-state index contributed by atoms with van der Waals surface area (Å²) in [7, 11) is 0. The van der Waals surface area contributed by atoms with Crippen LogP contribution in [0.4, 0.5) is 10.1 Å². The van der Waals surface area contributed by atoms with Crippen molar-refractivity contribution in [2.24, 2.45) is 0 Å². The lowest BCUT2D eigenvalue weighted by Crippen LogP contribution is -1.97. The molecular weight excluding hydrogens is 297 g/mol. The lowest BCUT2D eigenvalue weighted by molar-refractivity contribution is 0.105. The van der Waals surface area contributed by atoms with Crippen molar-refractivity contribution in [3.05, 3.63) is 63.9 Å². The molecule has 94 valence electrons. The fraction of sp³-hybridized carbons (Fsp3) is 0.143. The maximum Gasteiger partial charge on any atom is 0.129 e. The highest BCUT2D eigenvalue weighted by Gasteiger charge is 2.03. The highest BCUT2D eigenvalue weighted by molar-refractivity contribution is 9.10. The number of hydrogen-bond acceptors (Lipinski definition) is 2. The van der Waals surface area contributed by atoms with Gasteiger partial charge in [-0.3, -0.25) is 0 Å². The molecule has 2 aromatic rings. The van der Waals surface area contributed by atoms with Gasteiger partial charge in [0.05, 0.1) is 13.2 Å². The lowest BCUT2D eigenvalue weighted by atomic mass is 10.2. The maximum absolute atomic E-state index is 13.5. The number of nitrogens with two attached hydrogens (primary N) is 1. The first-order valence-electron chi connectivity index (χ1n) is 5.51. The van der Waals surface area contributed by atoms with E-state index in [1.165, 1.54) is 6.07 Å². The number of benzene rings is 2. The Morgan fingerprint density at radius 1 is 1.06 bits per heavy atom. The molecule has 0 spiro atoms. The van der Waals surface area contributed by atoms with Gasteiger partial charge in [-0.05, 0) is 29.8 Å². The zero-order valence-electron chi connectivity index (χ0n) is 9.70. The Bertz CT molecular complexity index is 528. The van der Waals surface area contributed by atoms with Crippen LogP contribution in [0.1, 0.15) is 11.1 Å². The van der Waals surface area contributed by atoms with Crippen molar-refractivity contribution < 1.29 is 9.13 Å². The molecule has 2 aromatic carbocycles. The van der Waals surface area contributed by atoms with Crippen molar-refractivity contribution >= 4 is 21.6 Å². The molecule has 0 aliphatic carbocycles. The average Bonchev–Trinajstić information content (AvgIpc) is 2.34. The zero-order chi connectivity index (χ0) is 13.0. The molecule has 18 heavy (non-hydrogen) atoms. The van der Waals surface area contributed by atoms with Gasteiger partial charge in [-0.2, -0.15) is 0 Å². The van der Waals surface area contributed by atoms with Gasteiger partial charge in [0, 0.05) is 15.7 Å². The lowest BCUT2D eigenvalue weighted by Gasteiger charge is -2.06. The molecule has 0 radical (unpaired) electrons. The molecule has 0 fully saturated rings. The van der Waals surface area contributed by atoms with Crippen LogP contribution in [0.25, 0.3) is 0 Å². The molecule has 0 saturated carbocycles. The van der Waals surface area contributed by atoms with Crippen molar-refractivity contribution in [3.8, 4) is 0 Å². The van der Waals surface area contributed by atoms with Gasteiger partial charge in [0.15, 0.2) is 0 Å². The zero-order valence-corrected chi connectivity index (χ0v) is 11.3. The molecule has 0 amide bonds. The van der Waals surface area contributed by atoms with E-state index in [0.717, 1.165) is 15.7 Å². The fourth-order valence-corrected chi connectivity index (χ4v) is 1.86. The molecule has 2 N–H and O–H groups in total. The Kier molecular flexibility index (Phi) is 4.33. The standard InChI is InChI=1S/C14H13BrFNO/c15-12-4-3-11(14(16)7-12)9-18-8-10-1-5-13(17)6-2-10/h1-7H,8-9,17H2. The predicted molar refractivity (Wildman–Crippen MR) is 73.4 cm³/mol. The molecule has 0 heterocycles. The first-order chi connectivity index (χ1) is 8.65. The van der Waals surface area contributed by atoms with Gasteiger partial charge in [-0.15, -0.1) is 0 Å². The van der Waals surface area contributed by atoms with Crippen molar-refractivity contribution in [1.82, 2.24) is 0 Å². The molecule has 0 bridgehead atoms. The largest absolute Gasteiger partial charge is 0.399 e. The second-order valence-corrected chi connectivity index (χ2v) is 4.89. The minimum atomic E-state index is -0.262. The van der Waals surface area contributed by atoms with Crippen molar-refractivity contribution in [2.75, 3.05) is 5.73 Å². The first kappa shape index (κ1) is 13.1. The third-order valence-corrected chi connectivity index (χ3v) is 3.01. The summed E-state index contributed by atoms with van der Waals surface area (Å²) in [5, 5.41) is 0. The summed E-state index contributed by atoms with van der Waals surface area (Å²) in [5.41, 5.74) is 7.87. The van der Waals surface area contributed by atoms with Crippen LogP contribution < -0.4 is 5.73 Å². The van der Waals surface area contributed by atoms with E-state index in [1.54, 1.807) is 12.1 Å². The summed E-state index contributed by atoms with van der Waals surface area (Å²) < 4.78 is 19.7. The number of halogens is 2. The number of ether oxygens (including phenoxy) is 1. The Morgan fingerprint density at radius 3 is 2.44 bits per heavy atom. The molecular formula is C14H13BrFNO. The SMILES string of the molecule is Nc1ccc(COCc2ccc(Br)cc2F)cc1. The van der Waals surface area contributed by atoms with E-state index in [2.05, 4.69) is 15.9 Å². The quantitative estimate of drug-likeness (QED) is 0.870. The highest BCUT2D eigenvalue weighted by Crippen LogP contribution is 2.16. The van der Waals surface area contributed by atoms with Crippen LogP contribution in [0.2, 0.25) is 0 Å². The summed E-state index contributed by atoms with van der Waals surface area (Å²) in [5.74, 6) is -0.262. The molecule has 0 saturated heterocycles. The normalized spacial score (nSPS) is 10.6. The number of rotatable bonds is 4. The molecule has 0 aliphatic heterocycles. The summed E-state index contributed by atoms with van der Waals surface area (Å²) in [6.07, 6.45) is 0. The minimum absolute atomic E-state index is 0.253. The average molecular weight is 310 g/mol. The van der Waals surface area contributed by atoms with Crippen molar-refractivity contribution in [3.63, 3.8) is 0 Å². The van der Waals surface area contributed by atoms with Crippen LogP contribution in [-0.2, 0) is 18.0 Å². The maximum atomic E-state index is 13.5. The molecule has 2 rings (SSSR count). The van der Waals surface area contributed by atoms with E-state index in [-0.39, 0.29) is 12.4 Å². The van der Waals surface area contributed by atoms with Crippen LogP contribution in [0.3, 0.4) is 0 Å². The van der Waals surface area contributed by atoms with Crippen LogP contribution in [0, 0.1) is 5.82 Å². The summed E-state index contributed by atoms with van der Waals surface area (Å²) in [6, 6.07) is 12.4. The Labute approximate surface area is 114 Å². The number of nitrogen functional groups attached to an aromatic ring is 1. The monoisotopic (exact) mass is 309 g/mol. The van der Waals surface area contributed by atoms with Crippen LogP contribution >= 0.6 is 15.9 Å². The summed E-state index contributed by atoms with van der Waals surface area (Å²) in [6.45, 7) is 0.694. The first-order valence-corrected chi connectivity index (χ1v) is 6.30. The second kappa shape index (κ2) is 5.98. The topological polar surface area (TPSA) is 35.2 Å². The minimum Gasteiger partial charge on any atom is -0.399 e. The number of hydrogen-bond donors (Lipinski definition) is 1. The molecule has 0 aromatic heterocycles. The van der Waals surface area contributed by atoms with Gasteiger partial charge >= 0.3 is 0 Å². The van der Waals surface area contributed by atoms with Crippen molar-refractivity contribution in [1.29, 1.82) is 0 Å². The van der Waals surface area contributed by atoms with Gasteiger partial charge in [-0.25, -0.2) is 4.39 Å². The smallest absolute Gasteiger partial charge is 0.129 e. The van der Waals surface area contributed by atoms with Crippen molar-refractivity contribution in [2.45, 2.75) is 13.2 Å². The summed E-state index contributed by atoms with van der Waals surface area (Å²) in [4.78, 5) is 0. The third-order valence-electron chi connectivity index (χ3n) is 2.52. The Hall–Kier alpha value is -1.39. The molecule has 0 aliphatic rings. The van der Waals surface area contributed by atoms with E-state index in [9.17, 15) is 4.39 Å². The Balaban J connectivity index is 1.90. The van der Waals surface area contributed by atoms with Gasteiger partial charge in [0.2, 0.25) is 0 Å². The van der Waals surface area contributed by atoms with E-state index < -0.39 is 0 Å². The highest BCUT2D eigenvalue weighted by atomic mass is 79.9. The van der Waals surface area contributed by atoms with Crippen LogP contribution in [0.5, 0.6) is 0 Å². The van der Waals surface area contributed by atoms with Crippen LogP contribution in [0.15, 0.2) is 46.9 Å². The predicted octanol–water partition coefficient (Wildman–Crippen LogP) is 3.89. The molecule has 2 nitrogen and oxygen atoms in total. The van der Waals surface area contributed by atoms with E-state index in [0.29, 0.717) is 12.2 Å². The molecule has 0 unspecified atom stereocenters. The number of anilines is 1. The molecule has 4 heteroatoms. The van der Waals surface area contributed by atoms with Crippen LogP contribution in [-0.4, -0.2) is 0 Å². The molecule has 0 atom stereocenters. The summed E-state index contributed by atoms with van der Waals surface area (Å²) >= 11 is 3.22. The van der Waals surface area contributed by atoms with E-state index in [4.69, 9.17) is 10.5 Å². The Morgan fingerprint density at radius 2 is 1.78 bits per heavy atom. The van der Waals surface area contributed by atoms with Gasteiger partial charge in [0.1, 0.15) is 5.82 Å². The second-order valence-electron chi connectivity index (χ2n) is 3.97. The van der Waals surface area contributed by atoms with E-state index >= 15 is 0 Å². The van der Waals surface area contributed by atoms with E-state index in [1.807, 2.05) is 24.3 Å². The fourth-order valence-electron chi connectivity index (χ4n) is 1.53. The third kappa shape index (κ3) is 3.55.